The van der Waals surface area contributed by atoms with Crippen LogP contribution < -0.4 is 0 Å². The fourth-order valence-corrected chi connectivity index (χ4v) is 2.18. The standard InChI is InChI=1S/C17H33NO2/c1-3-4-5-6-7-8-9-10-11-12-13-15-18-16-14-17(19)20-2/h16H,3-15H2,1-2H3. The molecular formula is C17H33NO2. The molecule has 118 valence electrons. The second-order valence-electron chi connectivity index (χ2n) is 5.40. The number of unbranched alkanes of at least 4 members (excludes halogenated alkanes) is 10. The monoisotopic (exact) mass is 283 g/mol. The molecule has 0 aromatic carbocycles. The van der Waals surface area contributed by atoms with Crippen molar-refractivity contribution in [2.45, 2.75) is 84.0 Å². The summed E-state index contributed by atoms with van der Waals surface area (Å²) in [4.78, 5) is 15.0. The fraction of sp³-hybridized carbons (Fsp3) is 0.882. The Labute approximate surface area is 125 Å². The van der Waals surface area contributed by atoms with E-state index in [1.165, 1.54) is 71.3 Å². The third-order valence-electron chi connectivity index (χ3n) is 3.51. The maximum atomic E-state index is 10.8. The zero-order chi connectivity index (χ0) is 14.9. The van der Waals surface area contributed by atoms with Gasteiger partial charge in [-0.1, -0.05) is 71.1 Å². The summed E-state index contributed by atoms with van der Waals surface area (Å²) in [7, 11) is 1.40. The molecule has 20 heavy (non-hydrogen) atoms. The molecule has 3 nitrogen and oxygen atoms in total. The fourth-order valence-electron chi connectivity index (χ4n) is 2.18. The van der Waals surface area contributed by atoms with Gasteiger partial charge in [0.2, 0.25) is 0 Å². The molecule has 0 aliphatic carbocycles. The van der Waals surface area contributed by atoms with Crippen molar-refractivity contribution in [1.82, 2.24) is 0 Å². The van der Waals surface area contributed by atoms with Gasteiger partial charge in [-0.2, -0.15) is 0 Å². The highest BCUT2D eigenvalue weighted by Crippen LogP contribution is 2.11. The second kappa shape index (κ2) is 16.2. The highest BCUT2D eigenvalue weighted by Gasteiger charge is 1.95. The van der Waals surface area contributed by atoms with E-state index in [0.29, 0.717) is 6.42 Å². The lowest BCUT2D eigenvalue weighted by Crippen LogP contribution is -2.00. The summed E-state index contributed by atoms with van der Waals surface area (Å²) in [6, 6.07) is 0. The Hall–Kier alpha value is -0.860. The quantitative estimate of drug-likeness (QED) is 0.257. The van der Waals surface area contributed by atoms with Gasteiger partial charge in [-0.05, 0) is 6.42 Å². The molecule has 0 fully saturated rings. The number of hydrogen-bond donors (Lipinski definition) is 0. The van der Waals surface area contributed by atoms with Crippen molar-refractivity contribution in [2.75, 3.05) is 13.7 Å². The first-order valence-corrected chi connectivity index (χ1v) is 8.36. The minimum atomic E-state index is -0.215. The van der Waals surface area contributed by atoms with Crippen LogP contribution in [0.25, 0.3) is 0 Å². The molecule has 0 bridgehead atoms. The topological polar surface area (TPSA) is 38.7 Å². The van der Waals surface area contributed by atoms with Crippen molar-refractivity contribution in [3.8, 4) is 0 Å². The average molecular weight is 283 g/mol. The minimum Gasteiger partial charge on any atom is -0.469 e. The van der Waals surface area contributed by atoms with E-state index in [4.69, 9.17) is 0 Å². The van der Waals surface area contributed by atoms with Gasteiger partial charge in [0.25, 0.3) is 0 Å². The number of carbonyl (C=O) groups is 1. The molecule has 0 atom stereocenters. The van der Waals surface area contributed by atoms with Crippen molar-refractivity contribution >= 4 is 12.2 Å². The van der Waals surface area contributed by atoms with Crippen LogP contribution in [0, 0.1) is 0 Å². The van der Waals surface area contributed by atoms with Gasteiger partial charge in [-0.15, -0.1) is 0 Å². The van der Waals surface area contributed by atoms with Crippen LogP contribution in [0.3, 0.4) is 0 Å². The van der Waals surface area contributed by atoms with E-state index < -0.39 is 0 Å². The number of aliphatic imine (C=N–C) groups is 1. The molecule has 0 aliphatic rings. The van der Waals surface area contributed by atoms with E-state index in [1.54, 1.807) is 6.21 Å². The number of ether oxygens (including phenoxy) is 1. The highest BCUT2D eigenvalue weighted by molar-refractivity contribution is 5.85. The smallest absolute Gasteiger partial charge is 0.310 e. The second-order valence-corrected chi connectivity index (χ2v) is 5.40. The van der Waals surface area contributed by atoms with Gasteiger partial charge in [-0.25, -0.2) is 0 Å². The van der Waals surface area contributed by atoms with Crippen LogP contribution in [0.4, 0.5) is 0 Å². The first kappa shape index (κ1) is 19.1. The SMILES string of the molecule is CCCCCCCCCCCCCN=CCC(=O)OC. The zero-order valence-electron chi connectivity index (χ0n) is 13.5. The van der Waals surface area contributed by atoms with Gasteiger partial charge in [0, 0.05) is 12.8 Å². The lowest BCUT2D eigenvalue weighted by Gasteiger charge is -2.01. The molecule has 0 heterocycles. The van der Waals surface area contributed by atoms with Crippen molar-refractivity contribution < 1.29 is 9.53 Å². The summed E-state index contributed by atoms with van der Waals surface area (Å²) in [5.41, 5.74) is 0. The molecule has 0 aromatic heterocycles. The Morgan fingerprint density at radius 2 is 1.40 bits per heavy atom. The molecule has 0 rings (SSSR count). The van der Waals surface area contributed by atoms with Gasteiger partial charge < -0.3 is 4.74 Å². The van der Waals surface area contributed by atoms with Crippen molar-refractivity contribution in [3.05, 3.63) is 0 Å². The Kier molecular flexibility index (Phi) is 15.5. The molecular weight excluding hydrogens is 250 g/mol. The van der Waals surface area contributed by atoms with E-state index >= 15 is 0 Å². The molecule has 0 spiro atoms. The Bertz CT molecular complexity index is 239. The third kappa shape index (κ3) is 15.2. The van der Waals surface area contributed by atoms with Crippen LogP contribution in [0.2, 0.25) is 0 Å². The zero-order valence-corrected chi connectivity index (χ0v) is 13.5. The lowest BCUT2D eigenvalue weighted by molar-refractivity contribution is -0.139. The van der Waals surface area contributed by atoms with Crippen molar-refractivity contribution in [3.63, 3.8) is 0 Å². The van der Waals surface area contributed by atoms with Gasteiger partial charge in [0.1, 0.15) is 0 Å². The first-order valence-electron chi connectivity index (χ1n) is 8.36. The molecule has 0 aliphatic heterocycles. The number of carbonyl (C=O) groups excluding carboxylic acids is 1. The molecule has 3 heteroatoms. The van der Waals surface area contributed by atoms with Crippen LogP contribution in [-0.2, 0) is 9.53 Å². The molecule has 0 amide bonds. The predicted octanol–water partition coefficient (Wildman–Crippen LogP) is 4.93. The molecule has 0 saturated heterocycles. The largest absolute Gasteiger partial charge is 0.469 e. The molecule has 0 unspecified atom stereocenters. The molecule has 0 saturated carbocycles. The Morgan fingerprint density at radius 1 is 0.900 bits per heavy atom. The number of rotatable bonds is 14. The number of nitrogens with zero attached hydrogens (tertiary/aromatic N) is 1. The average Bonchev–Trinajstić information content (AvgIpc) is 2.47. The summed E-state index contributed by atoms with van der Waals surface area (Å²) in [6.07, 6.45) is 16.8. The number of hydrogen-bond acceptors (Lipinski definition) is 3. The van der Waals surface area contributed by atoms with Crippen molar-refractivity contribution in [1.29, 1.82) is 0 Å². The van der Waals surface area contributed by atoms with Crippen molar-refractivity contribution in [2.24, 2.45) is 4.99 Å². The van der Waals surface area contributed by atoms with E-state index in [9.17, 15) is 4.79 Å². The van der Waals surface area contributed by atoms with Crippen LogP contribution in [0.5, 0.6) is 0 Å². The summed E-state index contributed by atoms with van der Waals surface area (Å²) in [6.45, 7) is 3.10. The van der Waals surface area contributed by atoms with Crippen LogP contribution in [0.15, 0.2) is 4.99 Å². The Balaban J connectivity index is 3.08. The molecule has 0 radical (unpaired) electrons. The Morgan fingerprint density at radius 3 is 1.90 bits per heavy atom. The van der Waals surface area contributed by atoms with Crippen LogP contribution >= 0.6 is 0 Å². The first-order chi connectivity index (χ1) is 9.81. The normalized spacial score (nSPS) is 11.1. The van der Waals surface area contributed by atoms with Gasteiger partial charge in [0.15, 0.2) is 0 Å². The lowest BCUT2D eigenvalue weighted by atomic mass is 10.1. The maximum absolute atomic E-state index is 10.8. The number of methoxy groups -OCH3 is 1. The summed E-state index contributed by atoms with van der Waals surface area (Å²) in [5.74, 6) is -0.215. The third-order valence-corrected chi connectivity index (χ3v) is 3.51. The van der Waals surface area contributed by atoms with E-state index in [0.717, 1.165) is 13.0 Å². The highest BCUT2D eigenvalue weighted by atomic mass is 16.5. The van der Waals surface area contributed by atoms with Crippen LogP contribution in [-0.4, -0.2) is 25.8 Å². The number of esters is 1. The summed E-state index contributed by atoms with van der Waals surface area (Å²) in [5, 5.41) is 0. The van der Waals surface area contributed by atoms with E-state index in [2.05, 4.69) is 16.7 Å². The van der Waals surface area contributed by atoms with Gasteiger partial charge >= 0.3 is 5.97 Å². The molecule has 0 N–H and O–H groups in total. The predicted molar refractivity (Wildman–Crippen MR) is 86.5 cm³/mol. The maximum Gasteiger partial charge on any atom is 0.310 e. The van der Waals surface area contributed by atoms with Crippen LogP contribution in [0.1, 0.15) is 84.0 Å². The van der Waals surface area contributed by atoms with Gasteiger partial charge in [-0.3, -0.25) is 9.79 Å². The summed E-state index contributed by atoms with van der Waals surface area (Å²) < 4.78 is 4.53. The van der Waals surface area contributed by atoms with Gasteiger partial charge in [0.05, 0.1) is 13.5 Å². The van der Waals surface area contributed by atoms with E-state index in [-0.39, 0.29) is 5.97 Å². The summed E-state index contributed by atoms with van der Waals surface area (Å²) >= 11 is 0. The van der Waals surface area contributed by atoms with E-state index in [1.807, 2.05) is 0 Å². The minimum absolute atomic E-state index is 0.215. The molecule has 0 aromatic rings.